The van der Waals surface area contributed by atoms with Crippen molar-refractivity contribution in [3.63, 3.8) is 0 Å². The van der Waals surface area contributed by atoms with Crippen LogP contribution in [0.25, 0.3) is 0 Å². The van der Waals surface area contributed by atoms with Crippen LogP contribution in [-0.2, 0) is 9.59 Å². The van der Waals surface area contributed by atoms with Crippen LogP contribution < -0.4 is 15.4 Å². The Morgan fingerprint density at radius 2 is 2.08 bits per heavy atom. The van der Waals surface area contributed by atoms with Gasteiger partial charge in [-0.1, -0.05) is 30.3 Å². The van der Waals surface area contributed by atoms with Gasteiger partial charge in [-0.15, -0.1) is 0 Å². The number of hydrogen-bond acceptors (Lipinski definition) is 4. The highest BCUT2D eigenvalue weighted by Crippen LogP contribution is 2.26. The van der Waals surface area contributed by atoms with E-state index in [-0.39, 0.29) is 12.2 Å². The van der Waals surface area contributed by atoms with Crippen molar-refractivity contribution in [3.05, 3.63) is 59.4 Å². The molecule has 0 spiro atoms. The summed E-state index contributed by atoms with van der Waals surface area (Å²) in [4.78, 5) is 24.5. The van der Waals surface area contributed by atoms with Crippen LogP contribution in [0.1, 0.15) is 17.2 Å². The minimum Gasteiger partial charge on any atom is -0.489 e. The minimum absolute atomic E-state index is 0.0996. The quantitative estimate of drug-likeness (QED) is 0.791. The van der Waals surface area contributed by atoms with Crippen LogP contribution in [0.15, 0.2) is 42.5 Å². The summed E-state index contributed by atoms with van der Waals surface area (Å²) in [6, 6.07) is 10.3. The Hall–Kier alpha value is -2.93. The van der Waals surface area contributed by atoms with Gasteiger partial charge in [0.1, 0.15) is 24.2 Å². The van der Waals surface area contributed by atoms with Crippen molar-refractivity contribution in [3.8, 4) is 5.75 Å². The Kier molecular flexibility index (Phi) is 4.67. The molecule has 2 aromatic rings. The first kappa shape index (κ1) is 16.9. The fraction of sp³-hybridized carbons (Fsp3) is 0.222. The van der Waals surface area contributed by atoms with E-state index in [1.54, 1.807) is 30.3 Å². The normalized spacial score (nSPS) is 17.6. The molecule has 3 N–H and O–H groups in total. The Balaban J connectivity index is 1.73. The maximum Gasteiger partial charge on any atom is 0.254 e. The molecular formula is C18H17FN2O4. The van der Waals surface area contributed by atoms with Gasteiger partial charge in [0.15, 0.2) is 6.10 Å². The average Bonchev–Trinajstić information content (AvgIpc) is 2.76. The van der Waals surface area contributed by atoms with Gasteiger partial charge in [0.05, 0.1) is 5.69 Å². The first-order valence-electron chi connectivity index (χ1n) is 7.73. The smallest absolute Gasteiger partial charge is 0.254 e. The monoisotopic (exact) mass is 344 g/mol. The van der Waals surface area contributed by atoms with E-state index in [2.05, 4.69) is 10.6 Å². The fourth-order valence-corrected chi connectivity index (χ4v) is 2.54. The largest absolute Gasteiger partial charge is 0.489 e. The molecule has 0 radical (unpaired) electrons. The molecule has 6 nitrogen and oxygen atoms in total. The predicted octanol–water partition coefficient (Wildman–Crippen LogP) is 1.68. The molecule has 2 aromatic carbocycles. The molecule has 0 saturated carbocycles. The van der Waals surface area contributed by atoms with Gasteiger partial charge < -0.3 is 20.5 Å². The second-order valence-electron chi connectivity index (χ2n) is 5.74. The summed E-state index contributed by atoms with van der Waals surface area (Å²) in [7, 11) is 0. The average molecular weight is 344 g/mol. The van der Waals surface area contributed by atoms with Crippen LogP contribution in [0.5, 0.6) is 5.75 Å². The Morgan fingerprint density at radius 3 is 2.88 bits per heavy atom. The van der Waals surface area contributed by atoms with Gasteiger partial charge in [0.2, 0.25) is 0 Å². The molecule has 1 heterocycles. The Morgan fingerprint density at radius 1 is 1.32 bits per heavy atom. The van der Waals surface area contributed by atoms with Crippen molar-refractivity contribution in [2.75, 3.05) is 11.9 Å². The number of benzene rings is 2. The summed E-state index contributed by atoms with van der Waals surface area (Å²) in [6.07, 6.45) is -1.72. The maximum atomic E-state index is 14.1. The third-order valence-corrected chi connectivity index (χ3v) is 3.95. The van der Waals surface area contributed by atoms with Crippen molar-refractivity contribution in [2.45, 2.75) is 19.1 Å². The molecular weight excluding hydrogens is 327 g/mol. The predicted molar refractivity (Wildman–Crippen MR) is 88.6 cm³/mol. The van der Waals surface area contributed by atoms with Crippen molar-refractivity contribution < 1.29 is 23.8 Å². The zero-order valence-electron chi connectivity index (χ0n) is 13.5. The molecule has 7 heteroatoms. The van der Waals surface area contributed by atoms with Crippen molar-refractivity contribution in [1.29, 1.82) is 0 Å². The first-order valence-corrected chi connectivity index (χ1v) is 7.73. The molecule has 0 aromatic heterocycles. The number of carbonyl (C=O) groups excluding carboxylic acids is 2. The number of aliphatic hydroxyl groups excluding tert-OH is 1. The second kappa shape index (κ2) is 6.90. The third-order valence-electron chi connectivity index (χ3n) is 3.95. The van der Waals surface area contributed by atoms with E-state index >= 15 is 0 Å². The number of aliphatic hydroxyl groups is 1. The molecule has 0 aliphatic carbocycles. The highest BCUT2D eigenvalue weighted by Gasteiger charge is 2.29. The molecule has 0 saturated heterocycles. The van der Waals surface area contributed by atoms with Gasteiger partial charge in [-0.2, -0.15) is 0 Å². The van der Waals surface area contributed by atoms with Gasteiger partial charge in [0, 0.05) is 5.56 Å². The molecule has 2 amide bonds. The Bertz CT molecular complexity index is 824. The number of halogens is 1. The summed E-state index contributed by atoms with van der Waals surface area (Å²) in [5.41, 5.74) is 0.667. The van der Waals surface area contributed by atoms with E-state index in [0.717, 1.165) is 0 Å². The summed E-state index contributed by atoms with van der Waals surface area (Å²) >= 11 is 0. The molecule has 130 valence electrons. The van der Waals surface area contributed by atoms with Crippen LogP contribution in [0, 0.1) is 12.7 Å². The molecule has 0 bridgehead atoms. The number of rotatable bonds is 3. The second-order valence-corrected chi connectivity index (χ2v) is 5.74. The number of para-hydroxylation sites is 2. The van der Waals surface area contributed by atoms with E-state index in [1.807, 2.05) is 0 Å². The maximum absolute atomic E-state index is 14.1. The van der Waals surface area contributed by atoms with Gasteiger partial charge >= 0.3 is 0 Å². The number of nitrogens with one attached hydrogen (secondary N) is 2. The first-order chi connectivity index (χ1) is 12.0. The highest BCUT2D eigenvalue weighted by molar-refractivity contribution is 5.99. The molecule has 0 fully saturated rings. The Labute approximate surface area is 143 Å². The zero-order chi connectivity index (χ0) is 18.0. The van der Waals surface area contributed by atoms with Gasteiger partial charge in [-0.05, 0) is 24.6 Å². The number of ether oxygens (including phenoxy) is 1. The van der Waals surface area contributed by atoms with Gasteiger partial charge in [-0.3, -0.25) is 9.59 Å². The van der Waals surface area contributed by atoms with Gasteiger partial charge in [-0.25, -0.2) is 4.39 Å². The lowest BCUT2D eigenvalue weighted by Gasteiger charge is -2.18. The van der Waals surface area contributed by atoms with E-state index in [4.69, 9.17) is 4.74 Å². The summed E-state index contributed by atoms with van der Waals surface area (Å²) in [5, 5.41) is 15.2. The fourth-order valence-electron chi connectivity index (χ4n) is 2.54. The summed E-state index contributed by atoms with van der Waals surface area (Å²) in [6.45, 7) is 1.44. The third kappa shape index (κ3) is 3.46. The van der Waals surface area contributed by atoms with E-state index < -0.39 is 29.8 Å². The van der Waals surface area contributed by atoms with E-state index in [9.17, 15) is 19.1 Å². The number of aryl methyl sites for hydroxylation is 1. The summed E-state index contributed by atoms with van der Waals surface area (Å²) in [5.74, 6) is -1.52. The summed E-state index contributed by atoms with van der Waals surface area (Å²) < 4.78 is 19.6. The number of carbonyl (C=O) groups is 2. The van der Waals surface area contributed by atoms with Crippen molar-refractivity contribution in [1.82, 2.24) is 5.32 Å². The topological polar surface area (TPSA) is 87.7 Å². The van der Waals surface area contributed by atoms with Crippen LogP contribution in [0.4, 0.5) is 10.1 Å². The highest BCUT2D eigenvalue weighted by atomic mass is 19.1. The van der Waals surface area contributed by atoms with Crippen LogP contribution >= 0.6 is 0 Å². The standard InChI is InChI=1S/C18H17FN2O4/c1-10-5-4-6-11(15(10)19)16(22)18(24)21-13-9-25-14-8-3-2-7-12(14)20-17(13)23/h2-8,13,16,22H,9H2,1H3,(H,20,23)(H,21,24). The molecule has 2 atom stereocenters. The van der Waals surface area contributed by atoms with E-state index in [0.29, 0.717) is 17.0 Å². The van der Waals surface area contributed by atoms with Crippen LogP contribution in [0.2, 0.25) is 0 Å². The minimum atomic E-state index is -1.72. The lowest BCUT2D eigenvalue weighted by Crippen LogP contribution is -2.48. The van der Waals surface area contributed by atoms with Crippen molar-refractivity contribution in [2.24, 2.45) is 0 Å². The number of anilines is 1. The lowest BCUT2D eigenvalue weighted by atomic mass is 10.0. The van der Waals surface area contributed by atoms with Crippen molar-refractivity contribution >= 4 is 17.5 Å². The van der Waals surface area contributed by atoms with Crippen LogP contribution in [0.3, 0.4) is 0 Å². The molecule has 2 unspecified atom stereocenters. The molecule has 1 aliphatic rings. The number of amides is 2. The van der Waals surface area contributed by atoms with Gasteiger partial charge in [0.25, 0.3) is 11.8 Å². The molecule has 3 rings (SSSR count). The molecule has 25 heavy (non-hydrogen) atoms. The SMILES string of the molecule is Cc1cccc(C(O)C(=O)NC2COc3ccccc3NC2=O)c1F. The lowest BCUT2D eigenvalue weighted by molar-refractivity contribution is -0.133. The van der Waals surface area contributed by atoms with Crippen LogP contribution in [-0.4, -0.2) is 29.6 Å². The van der Waals surface area contributed by atoms with E-state index in [1.165, 1.54) is 19.1 Å². The number of fused-ring (bicyclic) bond motifs is 1. The molecule has 1 aliphatic heterocycles. The zero-order valence-corrected chi connectivity index (χ0v) is 13.5. The number of hydrogen-bond donors (Lipinski definition) is 3.